The van der Waals surface area contributed by atoms with Crippen LogP contribution in [-0.2, 0) is 21.2 Å². The molecule has 1 aromatic rings. The molecular weight excluding hydrogens is 386 g/mol. The molecule has 150 valence electrons. The van der Waals surface area contributed by atoms with Gasteiger partial charge in [-0.3, -0.25) is 9.69 Å². The lowest BCUT2D eigenvalue weighted by Gasteiger charge is -2.45. The van der Waals surface area contributed by atoms with Crippen LogP contribution in [0.2, 0.25) is 5.02 Å². The van der Waals surface area contributed by atoms with Gasteiger partial charge in [0, 0.05) is 49.8 Å². The van der Waals surface area contributed by atoms with E-state index in [-0.39, 0.29) is 11.4 Å². The van der Waals surface area contributed by atoms with Gasteiger partial charge in [-0.05, 0) is 30.5 Å². The average Bonchev–Trinajstić information content (AvgIpc) is 3.10. The van der Waals surface area contributed by atoms with Gasteiger partial charge < -0.3 is 4.90 Å². The Balaban J connectivity index is 1.58. The molecule has 0 N–H and O–H groups in total. The molecule has 1 amide bonds. The van der Waals surface area contributed by atoms with Gasteiger partial charge in [0.15, 0.2) is 0 Å². The number of rotatable bonds is 5. The molecule has 2 heterocycles. The summed E-state index contributed by atoms with van der Waals surface area (Å²) in [5.74, 6) is 0.131. The summed E-state index contributed by atoms with van der Waals surface area (Å²) in [6, 6.07) is 7.39. The van der Waals surface area contributed by atoms with Gasteiger partial charge >= 0.3 is 0 Å². The van der Waals surface area contributed by atoms with Gasteiger partial charge in [0.2, 0.25) is 15.9 Å². The number of carbonyl (C=O) groups is 1. The SMILES string of the molecule is CCC1(N2CCN(C(=O)Cc3ccc(Cl)cc3)CC2)CCN(S(C)(=O)=O)C1. The fourth-order valence-electron chi connectivity index (χ4n) is 4.19. The number of hydrogen-bond acceptors (Lipinski definition) is 4. The average molecular weight is 414 g/mol. The highest BCUT2D eigenvalue weighted by Crippen LogP contribution is 2.33. The van der Waals surface area contributed by atoms with Crippen LogP contribution in [0.3, 0.4) is 0 Å². The van der Waals surface area contributed by atoms with Gasteiger partial charge in [0.05, 0.1) is 12.7 Å². The molecule has 2 saturated heterocycles. The molecule has 2 aliphatic rings. The number of benzene rings is 1. The van der Waals surface area contributed by atoms with Crippen molar-refractivity contribution in [2.24, 2.45) is 0 Å². The highest BCUT2D eigenvalue weighted by molar-refractivity contribution is 7.88. The lowest BCUT2D eigenvalue weighted by Crippen LogP contribution is -2.59. The van der Waals surface area contributed by atoms with Crippen LogP contribution < -0.4 is 0 Å². The first-order chi connectivity index (χ1) is 12.7. The van der Waals surface area contributed by atoms with Crippen molar-refractivity contribution < 1.29 is 13.2 Å². The Kier molecular flexibility index (Phi) is 6.15. The summed E-state index contributed by atoms with van der Waals surface area (Å²) >= 11 is 5.90. The molecule has 0 spiro atoms. The van der Waals surface area contributed by atoms with Crippen LogP contribution in [0.15, 0.2) is 24.3 Å². The molecule has 0 saturated carbocycles. The summed E-state index contributed by atoms with van der Waals surface area (Å²) in [5, 5.41) is 0.671. The first-order valence-electron chi connectivity index (χ1n) is 9.46. The Hall–Kier alpha value is -1.15. The number of amides is 1. The van der Waals surface area contributed by atoms with E-state index in [0.29, 0.717) is 37.6 Å². The summed E-state index contributed by atoms with van der Waals surface area (Å²) in [6.45, 7) is 6.23. The van der Waals surface area contributed by atoms with Gasteiger partial charge in [-0.25, -0.2) is 12.7 Å². The second-order valence-electron chi connectivity index (χ2n) is 7.60. The van der Waals surface area contributed by atoms with Crippen LogP contribution in [0.4, 0.5) is 0 Å². The second kappa shape index (κ2) is 8.07. The zero-order chi connectivity index (χ0) is 19.7. The minimum Gasteiger partial charge on any atom is -0.340 e. The zero-order valence-electron chi connectivity index (χ0n) is 16.0. The molecule has 0 aliphatic carbocycles. The van der Waals surface area contributed by atoms with E-state index in [1.807, 2.05) is 17.0 Å². The number of halogens is 1. The van der Waals surface area contributed by atoms with E-state index >= 15 is 0 Å². The standard InChI is InChI=1S/C19H28ClN3O3S/c1-3-19(8-9-23(15-19)27(2,25)26)22-12-10-21(11-13-22)18(24)14-16-4-6-17(20)7-5-16/h4-7H,3,8-15H2,1-2H3. The predicted molar refractivity (Wildman–Crippen MR) is 107 cm³/mol. The smallest absolute Gasteiger partial charge is 0.227 e. The Morgan fingerprint density at radius 2 is 1.74 bits per heavy atom. The van der Waals surface area contributed by atoms with Gasteiger partial charge in [0.1, 0.15) is 0 Å². The number of sulfonamides is 1. The Labute approximate surface area is 167 Å². The molecule has 1 atom stereocenters. The molecule has 3 rings (SSSR count). The first kappa shape index (κ1) is 20.6. The molecule has 0 bridgehead atoms. The molecule has 1 unspecified atom stereocenters. The minimum absolute atomic E-state index is 0.103. The quantitative estimate of drug-likeness (QED) is 0.739. The molecule has 8 heteroatoms. The normalized spacial score (nSPS) is 25.1. The van der Waals surface area contributed by atoms with E-state index in [9.17, 15) is 13.2 Å². The monoisotopic (exact) mass is 413 g/mol. The van der Waals surface area contributed by atoms with Crippen molar-refractivity contribution in [3.8, 4) is 0 Å². The molecule has 2 aliphatic heterocycles. The number of hydrogen-bond donors (Lipinski definition) is 0. The van der Waals surface area contributed by atoms with Crippen LogP contribution in [-0.4, -0.2) is 79.5 Å². The number of nitrogens with zero attached hydrogens (tertiary/aromatic N) is 3. The van der Waals surface area contributed by atoms with E-state index in [2.05, 4.69) is 11.8 Å². The highest BCUT2D eigenvalue weighted by Gasteiger charge is 2.45. The Morgan fingerprint density at radius 1 is 1.11 bits per heavy atom. The molecule has 0 radical (unpaired) electrons. The largest absolute Gasteiger partial charge is 0.340 e. The number of piperazine rings is 1. The second-order valence-corrected chi connectivity index (χ2v) is 10.0. The topological polar surface area (TPSA) is 60.9 Å². The third-order valence-corrected chi connectivity index (χ3v) is 7.50. The maximum absolute atomic E-state index is 12.6. The van der Waals surface area contributed by atoms with E-state index in [1.165, 1.54) is 6.26 Å². The predicted octanol–water partition coefficient (Wildman–Crippen LogP) is 1.84. The van der Waals surface area contributed by atoms with E-state index in [0.717, 1.165) is 31.5 Å². The molecular formula is C19H28ClN3O3S. The maximum atomic E-state index is 12.6. The molecule has 6 nitrogen and oxygen atoms in total. The highest BCUT2D eigenvalue weighted by atomic mass is 35.5. The fourth-order valence-corrected chi connectivity index (χ4v) is 5.22. The van der Waals surface area contributed by atoms with Crippen molar-refractivity contribution in [2.45, 2.75) is 31.7 Å². The summed E-state index contributed by atoms with van der Waals surface area (Å²) < 4.78 is 25.4. The van der Waals surface area contributed by atoms with Gasteiger partial charge in [0.25, 0.3) is 0 Å². The number of carbonyl (C=O) groups excluding carboxylic acids is 1. The van der Waals surface area contributed by atoms with E-state index in [1.54, 1.807) is 16.4 Å². The van der Waals surface area contributed by atoms with Gasteiger partial charge in [-0.1, -0.05) is 30.7 Å². The third-order valence-electron chi connectivity index (χ3n) is 6.00. The molecule has 2 fully saturated rings. The van der Waals surface area contributed by atoms with Crippen molar-refractivity contribution in [3.63, 3.8) is 0 Å². The van der Waals surface area contributed by atoms with Crippen molar-refractivity contribution in [1.29, 1.82) is 0 Å². The summed E-state index contributed by atoms with van der Waals surface area (Å²) in [4.78, 5) is 16.9. The van der Waals surface area contributed by atoms with Gasteiger partial charge in [-0.15, -0.1) is 0 Å². The summed E-state index contributed by atoms with van der Waals surface area (Å²) in [7, 11) is -3.15. The molecule has 0 aromatic heterocycles. The lowest BCUT2D eigenvalue weighted by molar-refractivity contribution is -0.133. The molecule has 27 heavy (non-hydrogen) atoms. The van der Waals surface area contributed by atoms with Crippen molar-refractivity contribution in [1.82, 2.24) is 14.1 Å². The minimum atomic E-state index is -3.15. The zero-order valence-corrected chi connectivity index (χ0v) is 17.6. The Morgan fingerprint density at radius 3 is 2.26 bits per heavy atom. The van der Waals surface area contributed by atoms with E-state index in [4.69, 9.17) is 11.6 Å². The first-order valence-corrected chi connectivity index (χ1v) is 11.7. The van der Waals surface area contributed by atoms with Crippen LogP contribution in [0, 0.1) is 0 Å². The van der Waals surface area contributed by atoms with Crippen molar-refractivity contribution >= 4 is 27.5 Å². The Bertz CT molecular complexity index is 776. The van der Waals surface area contributed by atoms with Crippen molar-refractivity contribution in [2.75, 3.05) is 45.5 Å². The van der Waals surface area contributed by atoms with E-state index < -0.39 is 10.0 Å². The summed E-state index contributed by atoms with van der Waals surface area (Å²) in [5.41, 5.74) is 0.866. The fraction of sp³-hybridized carbons (Fsp3) is 0.632. The van der Waals surface area contributed by atoms with Crippen LogP contribution in [0.25, 0.3) is 0 Å². The van der Waals surface area contributed by atoms with Crippen LogP contribution in [0.1, 0.15) is 25.3 Å². The summed E-state index contributed by atoms with van der Waals surface area (Å²) in [6.07, 6.45) is 3.44. The van der Waals surface area contributed by atoms with Gasteiger partial charge in [-0.2, -0.15) is 0 Å². The van der Waals surface area contributed by atoms with Crippen molar-refractivity contribution in [3.05, 3.63) is 34.9 Å². The molecule has 1 aromatic carbocycles. The van der Waals surface area contributed by atoms with Crippen LogP contribution >= 0.6 is 11.6 Å². The third kappa shape index (κ3) is 4.65. The lowest BCUT2D eigenvalue weighted by atomic mass is 9.92. The maximum Gasteiger partial charge on any atom is 0.227 e. The van der Waals surface area contributed by atoms with Crippen LogP contribution in [0.5, 0.6) is 0 Å².